The number of hydrogen-bond donors (Lipinski definition) is 1. The van der Waals surface area contributed by atoms with E-state index in [1.807, 2.05) is 12.1 Å². The number of ether oxygens (including phenoxy) is 2. The lowest BCUT2D eigenvalue weighted by atomic mass is 9.86. The Bertz CT molecular complexity index is 843. The molecule has 3 unspecified atom stereocenters. The van der Waals surface area contributed by atoms with Crippen molar-refractivity contribution in [3.8, 4) is 11.5 Å². The standard InChI is InChI=1S/C30H46O5/c1-22(2)9-6-10-23(3)11-7-12-24(4)13-8-19-30(5)20-18-25-21-26(14-15-27(25)35-30)34-29(33)17-16-28(31)32/h14-17,21-24H,6-13,18-20H2,1-5H3,(H,31,32)/b17-16-. The first-order valence-corrected chi connectivity index (χ1v) is 13.5. The smallest absolute Gasteiger partial charge is 0.336 e. The molecule has 5 nitrogen and oxygen atoms in total. The van der Waals surface area contributed by atoms with Crippen LogP contribution in [-0.4, -0.2) is 22.6 Å². The number of aliphatic carboxylic acids is 1. The maximum Gasteiger partial charge on any atom is 0.336 e. The van der Waals surface area contributed by atoms with E-state index in [9.17, 15) is 9.59 Å². The highest BCUT2D eigenvalue weighted by Gasteiger charge is 2.31. The van der Waals surface area contributed by atoms with Gasteiger partial charge in [0.25, 0.3) is 0 Å². The van der Waals surface area contributed by atoms with Gasteiger partial charge in [-0.1, -0.05) is 72.6 Å². The highest BCUT2D eigenvalue weighted by Crippen LogP contribution is 2.38. The van der Waals surface area contributed by atoms with Crippen LogP contribution in [0.3, 0.4) is 0 Å². The van der Waals surface area contributed by atoms with E-state index in [0.29, 0.717) is 5.75 Å². The van der Waals surface area contributed by atoms with Crippen LogP contribution >= 0.6 is 0 Å². The average molecular weight is 487 g/mol. The maximum atomic E-state index is 11.7. The molecule has 1 aliphatic heterocycles. The van der Waals surface area contributed by atoms with Gasteiger partial charge in [0.1, 0.15) is 17.1 Å². The second-order valence-electron chi connectivity index (χ2n) is 11.3. The largest absolute Gasteiger partial charge is 0.487 e. The SMILES string of the molecule is CC(C)CCCC(C)CCCC(C)CCCC1(C)CCc2cc(OC(=O)/C=C\C(=O)O)ccc2O1. The van der Waals surface area contributed by atoms with Gasteiger partial charge in [0.2, 0.25) is 0 Å². The molecule has 0 fully saturated rings. The molecule has 1 aromatic carbocycles. The third-order valence-electron chi connectivity index (χ3n) is 7.17. The van der Waals surface area contributed by atoms with Crippen molar-refractivity contribution in [2.24, 2.45) is 17.8 Å². The molecule has 1 N–H and O–H groups in total. The minimum atomic E-state index is -1.18. The summed E-state index contributed by atoms with van der Waals surface area (Å²) >= 11 is 0. The molecule has 0 spiro atoms. The molecule has 1 aromatic rings. The van der Waals surface area contributed by atoms with Gasteiger partial charge in [-0.25, -0.2) is 9.59 Å². The van der Waals surface area contributed by atoms with E-state index >= 15 is 0 Å². The van der Waals surface area contributed by atoms with E-state index in [-0.39, 0.29) is 5.60 Å². The van der Waals surface area contributed by atoms with Crippen molar-refractivity contribution in [1.29, 1.82) is 0 Å². The van der Waals surface area contributed by atoms with Crippen LogP contribution < -0.4 is 9.47 Å². The number of rotatable bonds is 15. The van der Waals surface area contributed by atoms with Crippen LogP contribution in [0.25, 0.3) is 0 Å². The Hall–Kier alpha value is -2.30. The van der Waals surface area contributed by atoms with E-state index in [1.54, 1.807) is 6.07 Å². The Labute approximate surface area is 212 Å². The zero-order valence-electron chi connectivity index (χ0n) is 22.5. The van der Waals surface area contributed by atoms with Gasteiger partial charge in [0, 0.05) is 12.2 Å². The number of aryl methyl sites for hydroxylation is 1. The number of carboxylic acid groups (broad SMARTS) is 1. The minimum absolute atomic E-state index is 0.167. The number of carbonyl (C=O) groups is 2. The molecule has 1 heterocycles. The quantitative estimate of drug-likeness (QED) is 0.156. The van der Waals surface area contributed by atoms with Gasteiger partial charge >= 0.3 is 11.9 Å². The predicted octanol–water partition coefficient (Wildman–Crippen LogP) is 7.76. The van der Waals surface area contributed by atoms with Crippen LogP contribution in [0.5, 0.6) is 11.5 Å². The first-order chi connectivity index (χ1) is 16.6. The van der Waals surface area contributed by atoms with Gasteiger partial charge in [-0.05, 0) is 74.1 Å². The van der Waals surface area contributed by atoms with Crippen LogP contribution in [0.1, 0.15) is 104 Å². The summed E-state index contributed by atoms with van der Waals surface area (Å²) in [5, 5.41) is 8.61. The fourth-order valence-corrected chi connectivity index (χ4v) is 4.90. The number of hydrogen-bond acceptors (Lipinski definition) is 4. The molecule has 0 aliphatic carbocycles. The van der Waals surface area contributed by atoms with Crippen molar-refractivity contribution in [3.63, 3.8) is 0 Å². The molecule has 0 saturated carbocycles. The fraction of sp³-hybridized carbons (Fsp3) is 0.667. The van der Waals surface area contributed by atoms with Crippen molar-refractivity contribution >= 4 is 11.9 Å². The van der Waals surface area contributed by atoms with Gasteiger partial charge in [0.05, 0.1) is 0 Å². The third-order valence-corrected chi connectivity index (χ3v) is 7.17. The molecule has 196 valence electrons. The van der Waals surface area contributed by atoms with Crippen molar-refractivity contribution in [2.75, 3.05) is 0 Å². The second kappa shape index (κ2) is 14.3. The average Bonchev–Trinajstić information content (AvgIpc) is 2.77. The number of benzene rings is 1. The summed E-state index contributed by atoms with van der Waals surface area (Å²) in [6, 6.07) is 5.36. The topological polar surface area (TPSA) is 72.8 Å². The van der Waals surface area contributed by atoms with Crippen molar-refractivity contribution < 1.29 is 24.2 Å². The number of carboxylic acids is 1. The number of fused-ring (bicyclic) bond motifs is 1. The van der Waals surface area contributed by atoms with Crippen LogP contribution in [0.2, 0.25) is 0 Å². The van der Waals surface area contributed by atoms with Gasteiger partial charge in [-0.3, -0.25) is 0 Å². The van der Waals surface area contributed by atoms with E-state index in [4.69, 9.17) is 14.6 Å². The molecular weight excluding hydrogens is 440 g/mol. The molecule has 0 saturated heterocycles. The predicted molar refractivity (Wildman–Crippen MR) is 141 cm³/mol. The normalized spacial score (nSPS) is 19.3. The molecule has 0 aromatic heterocycles. The zero-order chi connectivity index (χ0) is 25.8. The van der Waals surface area contributed by atoms with Crippen molar-refractivity contribution in [3.05, 3.63) is 35.9 Å². The first-order valence-electron chi connectivity index (χ1n) is 13.5. The van der Waals surface area contributed by atoms with Gasteiger partial charge in [0.15, 0.2) is 0 Å². The lowest BCUT2D eigenvalue weighted by Gasteiger charge is -2.36. The Morgan fingerprint density at radius 1 is 1.00 bits per heavy atom. The van der Waals surface area contributed by atoms with Gasteiger partial charge in [-0.15, -0.1) is 0 Å². The Kier molecular flexibility index (Phi) is 11.8. The fourth-order valence-electron chi connectivity index (χ4n) is 4.90. The lowest BCUT2D eigenvalue weighted by molar-refractivity contribution is -0.133. The van der Waals surface area contributed by atoms with Crippen LogP contribution in [0.4, 0.5) is 0 Å². The highest BCUT2D eigenvalue weighted by molar-refractivity contribution is 5.91. The third kappa shape index (κ3) is 11.3. The summed E-state index contributed by atoms with van der Waals surface area (Å²) < 4.78 is 11.6. The Balaban J connectivity index is 1.71. The minimum Gasteiger partial charge on any atom is -0.487 e. The summed E-state index contributed by atoms with van der Waals surface area (Å²) in [6.45, 7) is 11.6. The summed E-state index contributed by atoms with van der Waals surface area (Å²) in [7, 11) is 0. The molecule has 35 heavy (non-hydrogen) atoms. The highest BCUT2D eigenvalue weighted by atomic mass is 16.5. The summed E-state index contributed by atoms with van der Waals surface area (Å²) in [5.41, 5.74) is 0.853. The van der Waals surface area contributed by atoms with Crippen molar-refractivity contribution in [2.45, 2.75) is 111 Å². The van der Waals surface area contributed by atoms with E-state index < -0.39 is 11.9 Å². The summed E-state index contributed by atoms with van der Waals surface area (Å²) in [4.78, 5) is 22.2. The second-order valence-corrected chi connectivity index (χ2v) is 11.3. The van der Waals surface area contributed by atoms with Crippen molar-refractivity contribution in [1.82, 2.24) is 0 Å². The molecule has 2 rings (SSSR count). The molecular formula is C30H46O5. The summed E-state index contributed by atoms with van der Waals surface area (Å²) in [6.07, 6.45) is 15.0. The Morgan fingerprint density at radius 3 is 2.26 bits per heavy atom. The molecule has 5 heteroatoms. The first kappa shape index (κ1) is 28.9. The molecule has 0 radical (unpaired) electrons. The zero-order valence-corrected chi connectivity index (χ0v) is 22.5. The maximum absolute atomic E-state index is 11.7. The van der Waals surface area contributed by atoms with Gasteiger partial charge < -0.3 is 14.6 Å². The Morgan fingerprint density at radius 2 is 1.63 bits per heavy atom. The van der Waals surface area contributed by atoms with E-state index in [1.165, 1.54) is 51.4 Å². The molecule has 3 atom stereocenters. The van der Waals surface area contributed by atoms with Crippen LogP contribution in [0.15, 0.2) is 30.4 Å². The van der Waals surface area contributed by atoms with Gasteiger partial charge in [-0.2, -0.15) is 0 Å². The summed E-state index contributed by atoms with van der Waals surface area (Å²) in [5.74, 6) is 1.78. The molecule has 0 amide bonds. The van der Waals surface area contributed by atoms with E-state index in [0.717, 1.165) is 60.5 Å². The monoisotopic (exact) mass is 486 g/mol. The number of esters is 1. The number of carbonyl (C=O) groups excluding carboxylic acids is 1. The van der Waals surface area contributed by atoms with Crippen LogP contribution in [-0.2, 0) is 16.0 Å². The molecule has 1 aliphatic rings. The molecule has 0 bridgehead atoms. The van der Waals surface area contributed by atoms with Crippen LogP contribution in [0, 0.1) is 17.8 Å². The van der Waals surface area contributed by atoms with E-state index in [2.05, 4.69) is 34.6 Å². The lowest BCUT2D eigenvalue weighted by Crippen LogP contribution is -2.36.